The van der Waals surface area contributed by atoms with Crippen LogP contribution in [0, 0.1) is 0 Å². The first-order valence-electron chi connectivity index (χ1n) is 5.19. The van der Waals surface area contributed by atoms with Crippen LogP contribution in [0.15, 0.2) is 42.5 Å². The highest BCUT2D eigenvalue weighted by Crippen LogP contribution is 2.12. The third-order valence-electron chi connectivity index (χ3n) is 2.18. The van der Waals surface area contributed by atoms with Crippen molar-refractivity contribution in [3.63, 3.8) is 0 Å². The van der Waals surface area contributed by atoms with Crippen molar-refractivity contribution in [1.29, 1.82) is 0 Å². The molecular formula is C13H9Cl2NO2. The quantitative estimate of drug-likeness (QED) is 0.635. The van der Waals surface area contributed by atoms with E-state index in [1.807, 2.05) is 6.07 Å². The fourth-order valence-corrected chi connectivity index (χ4v) is 1.75. The molecular weight excluding hydrogens is 273 g/mol. The Hall–Kier alpha value is -1.58. The molecule has 0 bridgehead atoms. The summed E-state index contributed by atoms with van der Waals surface area (Å²) in [5, 5.41) is 0.858. The normalized spacial score (nSPS) is 10.1. The van der Waals surface area contributed by atoms with Gasteiger partial charge in [0.15, 0.2) is 0 Å². The molecule has 1 heterocycles. The molecule has 1 aromatic heterocycles. The molecule has 18 heavy (non-hydrogen) atoms. The van der Waals surface area contributed by atoms with Gasteiger partial charge in [0.05, 0.1) is 0 Å². The predicted octanol–water partition coefficient (Wildman–Crippen LogP) is 3.75. The summed E-state index contributed by atoms with van der Waals surface area (Å²) in [4.78, 5) is 15.5. The zero-order valence-electron chi connectivity index (χ0n) is 9.27. The van der Waals surface area contributed by atoms with Crippen LogP contribution in [0.1, 0.15) is 16.1 Å². The molecule has 0 aliphatic heterocycles. The van der Waals surface area contributed by atoms with Gasteiger partial charge < -0.3 is 4.74 Å². The Kier molecular flexibility index (Phi) is 4.18. The number of aromatic nitrogens is 1. The topological polar surface area (TPSA) is 39.2 Å². The van der Waals surface area contributed by atoms with Crippen molar-refractivity contribution in [2.75, 3.05) is 0 Å². The van der Waals surface area contributed by atoms with Crippen LogP contribution in [0.2, 0.25) is 10.2 Å². The van der Waals surface area contributed by atoms with Crippen LogP contribution in [-0.2, 0) is 11.3 Å². The van der Waals surface area contributed by atoms with Crippen molar-refractivity contribution in [3.05, 3.63) is 63.9 Å². The molecule has 0 saturated carbocycles. The third kappa shape index (κ3) is 3.45. The molecule has 0 amide bonds. The van der Waals surface area contributed by atoms with Crippen molar-refractivity contribution in [3.8, 4) is 0 Å². The summed E-state index contributed by atoms with van der Waals surface area (Å²) in [5.41, 5.74) is 1.00. The lowest BCUT2D eigenvalue weighted by atomic mass is 10.2. The van der Waals surface area contributed by atoms with Crippen LogP contribution in [0.5, 0.6) is 0 Å². The second kappa shape index (κ2) is 5.85. The number of esters is 1. The fourth-order valence-electron chi connectivity index (χ4n) is 1.37. The Morgan fingerprint density at radius 1 is 1.17 bits per heavy atom. The molecule has 0 spiro atoms. The molecule has 0 fully saturated rings. The van der Waals surface area contributed by atoms with Gasteiger partial charge in [0, 0.05) is 5.02 Å². The molecule has 92 valence electrons. The van der Waals surface area contributed by atoms with E-state index in [9.17, 15) is 4.79 Å². The second-order valence-electron chi connectivity index (χ2n) is 3.55. The third-order valence-corrected chi connectivity index (χ3v) is 2.63. The number of rotatable bonds is 3. The molecule has 1 aromatic carbocycles. The number of benzene rings is 1. The molecule has 0 aliphatic rings. The van der Waals surface area contributed by atoms with Gasteiger partial charge in [-0.05, 0) is 29.8 Å². The first-order chi connectivity index (χ1) is 8.65. The number of hydrogen-bond acceptors (Lipinski definition) is 3. The van der Waals surface area contributed by atoms with Crippen LogP contribution in [0.25, 0.3) is 0 Å². The zero-order valence-corrected chi connectivity index (χ0v) is 10.8. The largest absolute Gasteiger partial charge is 0.456 e. The smallest absolute Gasteiger partial charge is 0.357 e. The number of hydrogen-bond donors (Lipinski definition) is 0. The molecule has 0 N–H and O–H groups in total. The van der Waals surface area contributed by atoms with Crippen molar-refractivity contribution in [2.45, 2.75) is 6.61 Å². The van der Waals surface area contributed by atoms with Gasteiger partial charge in [0.2, 0.25) is 0 Å². The first-order valence-corrected chi connectivity index (χ1v) is 5.95. The lowest BCUT2D eigenvalue weighted by molar-refractivity contribution is 0.0466. The summed E-state index contributed by atoms with van der Waals surface area (Å²) in [7, 11) is 0. The Morgan fingerprint density at radius 2 is 1.94 bits per heavy atom. The molecule has 0 radical (unpaired) electrons. The van der Waals surface area contributed by atoms with Gasteiger partial charge in [0.1, 0.15) is 17.5 Å². The van der Waals surface area contributed by atoms with Crippen molar-refractivity contribution in [2.24, 2.45) is 0 Å². The van der Waals surface area contributed by atoms with Crippen molar-refractivity contribution in [1.82, 2.24) is 4.98 Å². The van der Waals surface area contributed by atoms with Gasteiger partial charge in [-0.3, -0.25) is 0 Å². The van der Waals surface area contributed by atoms with Gasteiger partial charge in [0.25, 0.3) is 0 Å². The fraction of sp³-hybridized carbons (Fsp3) is 0.0769. The number of carbonyl (C=O) groups excluding carboxylic acids is 1. The maximum absolute atomic E-state index is 11.7. The molecule has 0 aliphatic carbocycles. The Balaban J connectivity index is 2.00. The number of pyridine rings is 1. The van der Waals surface area contributed by atoms with E-state index >= 15 is 0 Å². The minimum Gasteiger partial charge on any atom is -0.456 e. The lowest BCUT2D eigenvalue weighted by Gasteiger charge is -2.04. The summed E-state index contributed by atoms with van der Waals surface area (Å²) in [6, 6.07) is 11.9. The first kappa shape index (κ1) is 12.9. The van der Waals surface area contributed by atoms with Crippen LogP contribution in [0.4, 0.5) is 0 Å². The Morgan fingerprint density at radius 3 is 2.67 bits per heavy atom. The number of nitrogens with zero attached hydrogens (tertiary/aromatic N) is 1. The minimum atomic E-state index is -0.516. The maximum Gasteiger partial charge on any atom is 0.357 e. The number of ether oxygens (including phenoxy) is 1. The van der Waals surface area contributed by atoms with E-state index in [-0.39, 0.29) is 17.5 Å². The summed E-state index contributed by atoms with van der Waals surface area (Å²) in [6.45, 7) is 0.146. The van der Waals surface area contributed by atoms with E-state index in [0.717, 1.165) is 5.56 Å². The highest BCUT2D eigenvalue weighted by molar-refractivity contribution is 6.30. The number of halogens is 2. The van der Waals surface area contributed by atoms with Crippen LogP contribution < -0.4 is 0 Å². The van der Waals surface area contributed by atoms with Gasteiger partial charge in [-0.25, -0.2) is 9.78 Å². The average Bonchev–Trinajstić information content (AvgIpc) is 2.36. The Bertz CT molecular complexity index is 572. The molecule has 0 atom stereocenters. The Labute approximate surface area is 114 Å². The molecule has 5 heteroatoms. The van der Waals surface area contributed by atoms with E-state index in [1.165, 1.54) is 0 Å². The molecule has 2 aromatic rings. The minimum absolute atomic E-state index is 0.146. The summed E-state index contributed by atoms with van der Waals surface area (Å²) in [5.74, 6) is -0.516. The number of carbonyl (C=O) groups is 1. The summed E-state index contributed by atoms with van der Waals surface area (Å²) in [6.07, 6.45) is 0. The monoisotopic (exact) mass is 281 g/mol. The standard InChI is InChI=1S/C13H9Cl2NO2/c14-10-4-1-3-9(7-10)8-18-13(17)11-5-2-6-12(15)16-11/h1-7H,8H2. The summed E-state index contributed by atoms with van der Waals surface area (Å²) < 4.78 is 5.11. The van der Waals surface area contributed by atoms with Gasteiger partial charge in [-0.1, -0.05) is 41.4 Å². The van der Waals surface area contributed by atoms with Gasteiger partial charge >= 0.3 is 5.97 Å². The molecule has 2 rings (SSSR count). The van der Waals surface area contributed by atoms with Crippen LogP contribution in [0.3, 0.4) is 0 Å². The predicted molar refractivity (Wildman–Crippen MR) is 69.8 cm³/mol. The maximum atomic E-state index is 11.7. The van der Waals surface area contributed by atoms with E-state index < -0.39 is 5.97 Å². The van der Waals surface area contributed by atoms with Gasteiger partial charge in [-0.2, -0.15) is 0 Å². The van der Waals surface area contributed by atoms with Crippen LogP contribution >= 0.6 is 23.2 Å². The average molecular weight is 282 g/mol. The van der Waals surface area contributed by atoms with Crippen LogP contribution in [-0.4, -0.2) is 11.0 Å². The van der Waals surface area contributed by atoms with Crippen molar-refractivity contribution >= 4 is 29.2 Å². The zero-order chi connectivity index (χ0) is 13.0. The van der Waals surface area contributed by atoms with Crippen molar-refractivity contribution < 1.29 is 9.53 Å². The van der Waals surface area contributed by atoms with E-state index in [0.29, 0.717) is 5.02 Å². The SMILES string of the molecule is O=C(OCc1cccc(Cl)c1)c1cccc(Cl)n1. The lowest BCUT2D eigenvalue weighted by Crippen LogP contribution is -2.07. The molecule has 0 unspecified atom stereocenters. The second-order valence-corrected chi connectivity index (χ2v) is 4.38. The molecule has 0 saturated heterocycles. The highest BCUT2D eigenvalue weighted by atomic mass is 35.5. The summed E-state index contributed by atoms with van der Waals surface area (Å²) >= 11 is 11.5. The van der Waals surface area contributed by atoms with E-state index in [1.54, 1.807) is 36.4 Å². The molecule has 3 nitrogen and oxygen atoms in total. The van der Waals surface area contributed by atoms with E-state index in [2.05, 4.69) is 4.98 Å². The van der Waals surface area contributed by atoms with Gasteiger partial charge in [-0.15, -0.1) is 0 Å². The highest BCUT2D eigenvalue weighted by Gasteiger charge is 2.09. The van der Waals surface area contributed by atoms with E-state index in [4.69, 9.17) is 27.9 Å².